The summed E-state index contributed by atoms with van der Waals surface area (Å²) < 4.78 is 4.87. The normalized spacial score (nSPS) is 10.6. The number of rotatable bonds is 5. The van der Waals surface area contributed by atoms with E-state index in [4.69, 9.17) is 20.7 Å². The molecule has 0 saturated heterocycles. The van der Waals surface area contributed by atoms with Gasteiger partial charge in [0, 0.05) is 12.1 Å². The Balaban J connectivity index is 2.87. The van der Waals surface area contributed by atoms with Gasteiger partial charge in [-0.05, 0) is 25.0 Å². The van der Waals surface area contributed by atoms with Gasteiger partial charge in [-0.1, -0.05) is 12.1 Å². The van der Waals surface area contributed by atoms with Crippen molar-refractivity contribution in [2.24, 2.45) is 0 Å². The summed E-state index contributed by atoms with van der Waals surface area (Å²) in [5.74, 6) is -0.462. The van der Waals surface area contributed by atoms with Gasteiger partial charge in [-0.25, -0.2) is 4.79 Å². The lowest BCUT2D eigenvalue weighted by molar-refractivity contribution is -0.0446. The third-order valence-electron chi connectivity index (χ3n) is 2.36. The largest absolute Gasteiger partial charge is 0.462 e. The van der Waals surface area contributed by atoms with Crippen molar-refractivity contribution in [3.63, 3.8) is 0 Å². The minimum atomic E-state index is -1.37. The third kappa shape index (κ3) is 3.72. The average Bonchev–Trinajstić information content (AvgIpc) is 2.27. The molecule has 0 amide bonds. The van der Waals surface area contributed by atoms with Crippen LogP contribution >= 0.6 is 0 Å². The summed E-state index contributed by atoms with van der Waals surface area (Å²) in [6.45, 7) is 2.01. The molecule has 0 bridgehead atoms. The molecular formula is C12H17NO4. The molecule has 0 aromatic heterocycles. The van der Waals surface area contributed by atoms with Gasteiger partial charge in [0.2, 0.25) is 0 Å². The molecule has 0 aliphatic heterocycles. The van der Waals surface area contributed by atoms with Gasteiger partial charge in [0.1, 0.15) is 0 Å². The number of nitrogen functional groups attached to an aromatic ring is 1. The fourth-order valence-electron chi connectivity index (χ4n) is 1.50. The van der Waals surface area contributed by atoms with Gasteiger partial charge in [0.15, 0.2) is 6.29 Å². The zero-order chi connectivity index (χ0) is 12.8. The molecule has 0 fully saturated rings. The molecule has 4 N–H and O–H groups in total. The second kappa shape index (κ2) is 6.22. The molecule has 1 aromatic carbocycles. The van der Waals surface area contributed by atoms with Gasteiger partial charge < -0.3 is 20.7 Å². The number of ether oxygens (including phenoxy) is 1. The lowest BCUT2D eigenvalue weighted by atomic mass is 10.0. The number of aryl methyl sites for hydroxylation is 1. The quantitative estimate of drug-likeness (QED) is 0.399. The van der Waals surface area contributed by atoms with Crippen LogP contribution in [-0.4, -0.2) is 29.1 Å². The van der Waals surface area contributed by atoms with E-state index < -0.39 is 12.3 Å². The van der Waals surface area contributed by atoms with E-state index in [1.807, 2.05) is 0 Å². The highest BCUT2D eigenvalue weighted by Crippen LogP contribution is 2.20. The Kier molecular flexibility index (Phi) is 4.93. The summed E-state index contributed by atoms with van der Waals surface area (Å²) in [5, 5.41) is 17.6. The molecule has 0 aliphatic rings. The summed E-state index contributed by atoms with van der Waals surface area (Å²) in [4.78, 5) is 11.6. The summed E-state index contributed by atoms with van der Waals surface area (Å²) >= 11 is 0. The zero-order valence-electron chi connectivity index (χ0n) is 9.72. The monoisotopic (exact) mass is 239 g/mol. The van der Waals surface area contributed by atoms with Crippen LogP contribution in [0.2, 0.25) is 0 Å². The Labute approximate surface area is 99.8 Å². The highest BCUT2D eigenvalue weighted by Gasteiger charge is 2.13. The van der Waals surface area contributed by atoms with Gasteiger partial charge >= 0.3 is 5.97 Å². The zero-order valence-corrected chi connectivity index (χ0v) is 9.72. The fraction of sp³-hybridized carbons (Fsp3) is 0.417. The molecule has 0 radical (unpaired) electrons. The van der Waals surface area contributed by atoms with E-state index in [1.54, 1.807) is 25.1 Å². The minimum absolute atomic E-state index is 0.177. The molecule has 0 saturated carbocycles. The molecule has 5 heteroatoms. The minimum Gasteiger partial charge on any atom is -0.462 e. The number of esters is 1. The van der Waals surface area contributed by atoms with E-state index in [-0.39, 0.29) is 13.0 Å². The second-order valence-electron chi connectivity index (χ2n) is 3.62. The van der Waals surface area contributed by atoms with E-state index in [0.29, 0.717) is 23.2 Å². The molecule has 0 heterocycles. The topological polar surface area (TPSA) is 92.8 Å². The van der Waals surface area contributed by atoms with E-state index in [1.165, 1.54) is 0 Å². The Morgan fingerprint density at radius 2 is 2.18 bits per heavy atom. The molecule has 1 aromatic rings. The molecule has 1 rings (SSSR count). The van der Waals surface area contributed by atoms with Gasteiger partial charge in [-0.3, -0.25) is 0 Å². The average molecular weight is 239 g/mol. The van der Waals surface area contributed by atoms with Crippen LogP contribution in [-0.2, 0) is 11.2 Å². The van der Waals surface area contributed by atoms with Crippen molar-refractivity contribution < 1.29 is 19.7 Å². The van der Waals surface area contributed by atoms with Crippen LogP contribution in [0, 0.1) is 0 Å². The summed E-state index contributed by atoms with van der Waals surface area (Å²) in [6, 6.07) is 5.04. The molecule has 5 nitrogen and oxygen atoms in total. The van der Waals surface area contributed by atoms with Crippen molar-refractivity contribution in [2.45, 2.75) is 26.1 Å². The Bertz CT molecular complexity index is 390. The van der Waals surface area contributed by atoms with Gasteiger partial charge in [0.25, 0.3) is 0 Å². The van der Waals surface area contributed by atoms with E-state index in [9.17, 15) is 4.79 Å². The molecular weight excluding hydrogens is 222 g/mol. The highest BCUT2D eigenvalue weighted by molar-refractivity contribution is 5.95. The van der Waals surface area contributed by atoms with Gasteiger partial charge in [-0.2, -0.15) is 0 Å². The van der Waals surface area contributed by atoms with Crippen molar-refractivity contribution in [2.75, 3.05) is 12.3 Å². The highest BCUT2D eigenvalue weighted by atomic mass is 16.5. The van der Waals surface area contributed by atoms with Crippen LogP contribution in [0.5, 0.6) is 0 Å². The maximum absolute atomic E-state index is 11.6. The predicted octanol–water partition coefficient (Wildman–Crippen LogP) is 0.689. The number of carbonyl (C=O) groups is 1. The van der Waals surface area contributed by atoms with Gasteiger partial charge in [-0.15, -0.1) is 0 Å². The number of benzene rings is 1. The number of aliphatic hydroxyl groups excluding tert-OH is 1. The van der Waals surface area contributed by atoms with Crippen LogP contribution in [0.25, 0.3) is 0 Å². The summed E-state index contributed by atoms with van der Waals surface area (Å²) in [5.41, 5.74) is 7.20. The lowest BCUT2D eigenvalue weighted by Crippen LogP contribution is -2.11. The number of hydrogen-bond donors (Lipinski definition) is 3. The maximum atomic E-state index is 11.6. The van der Waals surface area contributed by atoms with Crippen LogP contribution in [0.4, 0.5) is 5.69 Å². The molecule has 94 valence electrons. The van der Waals surface area contributed by atoms with E-state index in [0.717, 1.165) is 0 Å². The number of carbonyl (C=O) groups excluding carboxylic acids is 1. The van der Waals surface area contributed by atoms with Gasteiger partial charge in [0.05, 0.1) is 12.2 Å². The second-order valence-corrected chi connectivity index (χ2v) is 3.62. The smallest absolute Gasteiger partial charge is 0.340 e. The van der Waals surface area contributed by atoms with Crippen LogP contribution in [0.1, 0.15) is 29.3 Å². The molecule has 0 atom stereocenters. The number of anilines is 1. The lowest BCUT2D eigenvalue weighted by Gasteiger charge is -2.10. The molecule has 0 aliphatic carbocycles. The predicted molar refractivity (Wildman–Crippen MR) is 63.4 cm³/mol. The van der Waals surface area contributed by atoms with Crippen molar-refractivity contribution in [1.82, 2.24) is 0 Å². The SMILES string of the molecule is CCOC(=O)c1cccc(CCC(O)O)c1N. The van der Waals surface area contributed by atoms with Crippen LogP contribution in [0.3, 0.4) is 0 Å². The first-order valence-electron chi connectivity index (χ1n) is 5.46. The standard InChI is InChI=1S/C12H17NO4/c1-2-17-12(16)9-5-3-4-8(11(9)13)6-7-10(14)15/h3-5,10,14-15H,2,6-7,13H2,1H3. The number of hydrogen-bond acceptors (Lipinski definition) is 5. The summed E-state index contributed by atoms with van der Waals surface area (Å²) in [7, 11) is 0. The van der Waals surface area contributed by atoms with Crippen LogP contribution in [0.15, 0.2) is 18.2 Å². The van der Waals surface area contributed by atoms with Crippen molar-refractivity contribution in [3.05, 3.63) is 29.3 Å². The number of nitrogens with two attached hydrogens (primary N) is 1. The maximum Gasteiger partial charge on any atom is 0.340 e. The van der Waals surface area contributed by atoms with E-state index in [2.05, 4.69) is 0 Å². The van der Waals surface area contributed by atoms with E-state index >= 15 is 0 Å². The summed E-state index contributed by atoms with van der Waals surface area (Å²) in [6.07, 6.45) is -0.798. The molecule has 0 spiro atoms. The third-order valence-corrected chi connectivity index (χ3v) is 2.36. The number of aliphatic hydroxyl groups is 2. The first kappa shape index (κ1) is 13.5. The fourth-order valence-corrected chi connectivity index (χ4v) is 1.50. The van der Waals surface area contributed by atoms with Crippen molar-refractivity contribution >= 4 is 11.7 Å². The molecule has 0 unspecified atom stereocenters. The van der Waals surface area contributed by atoms with Crippen LogP contribution < -0.4 is 5.73 Å². The first-order valence-corrected chi connectivity index (χ1v) is 5.46. The Morgan fingerprint density at radius 3 is 2.76 bits per heavy atom. The first-order chi connectivity index (χ1) is 8.06. The Morgan fingerprint density at radius 1 is 1.47 bits per heavy atom. The van der Waals surface area contributed by atoms with Crippen molar-refractivity contribution in [1.29, 1.82) is 0 Å². The number of para-hydroxylation sites is 1. The molecule has 17 heavy (non-hydrogen) atoms. The van der Waals surface area contributed by atoms with Crippen molar-refractivity contribution in [3.8, 4) is 0 Å². The Hall–Kier alpha value is -1.59.